The van der Waals surface area contributed by atoms with Crippen LogP contribution in [0.3, 0.4) is 0 Å². The van der Waals surface area contributed by atoms with Gasteiger partial charge >= 0.3 is 0 Å². The van der Waals surface area contributed by atoms with Gasteiger partial charge in [0.05, 0.1) is 11.7 Å². The van der Waals surface area contributed by atoms with Crippen molar-refractivity contribution in [1.29, 1.82) is 0 Å². The molecule has 1 amide bonds. The molecule has 3 rings (SSSR count). The molecule has 0 bridgehead atoms. The Balaban J connectivity index is 1.82. The summed E-state index contributed by atoms with van der Waals surface area (Å²) < 4.78 is 0. The Hall–Kier alpha value is -0.650. The summed E-state index contributed by atoms with van der Waals surface area (Å²) in [6.45, 7) is 1.76. The fourth-order valence-corrected chi connectivity index (χ4v) is 4.23. The maximum absolute atomic E-state index is 12.6. The third-order valence-electron chi connectivity index (χ3n) is 3.21. The first-order chi connectivity index (χ1) is 8.86. The van der Waals surface area contributed by atoms with Crippen molar-refractivity contribution >= 4 is 35.1 Å². The van der Waals surface area contributed by atoms with Crippen molar-refractivity contribution in [3.63, 3.8) is 0 Å². The molecule has 1 N–H and O–H groups in total. The van der Waals surface area contributed by atoms with Crippen molar-refractivity contribution in [3.8, 4) is 0 Å². The van der Waals surface area contributed by atoms with Gasteiger partial charge in [-0.05, 0) is 12.1 Å². The molecule has 1 saturated heterocycles. The van der Waals surface area contributed by atoms with Gasteiger partial charge in [0.1, 0.15) is 0 Å². The predicted molar refractivity (Wildman–Crippen MR) is 78.6 cm³/mol. The van der Waals surface area contributed by atoms with Crippen LogP contribution in [0.25, 0.3) is 0 Å². The lowest BCUT2D eigenvalue weighted by atomic mass is 10.2. The molecule has 0 radical (unpaired) electrons. The van der Waals surface area contributed by atoms with Crippen LogP contribution in [0.15, 0.2) is 29.2 Å². The summed E-state index contributed by atoms with van der Waals surface area (Å²) in [5.74, 6) is 3.22. The van der Waals surface area contributed by atoms with E-state index in [4.69, 9.17) is 0 Å². The Labute approximate surface area is 116 Å². The van der Waals surface area contributed by atoms with Crippen LogP contribution in [0, 0.1) is 0 Å². The number of nitrogens with one attached hydrogen (secondary N) is 1. The van der Waals surface area contributed by atoms with Crippen LogP contribution in [0.1, 0.15) is 0 Å². The van der Waals surface area contributed by atoms with Gasteiger partial charge in [0, 0.05) is 35.2 Å². The van der Waals surface area contributed by atoms with Gasteiger partial charge in [0.15, 0.2) is 0 Å². The highest BCUT2D eigenvalue weighted by molar-refractivity contribution is 7.99. The minimum atomic E-state index is -0.0140. The van der Waals surface area contributed by atoms with Gasteiger partial charge < -0.3 is 10.2 Å². The smallest absolute Gasteiger partial charge is 0.245 e. The van der Waals surface area contributed by atoms with E-state index in [0.29, 0.717) is 0 Å². The van der Waals surface area contributed by atoms with Crippen LogP contribution in [0.5, 0.6) is 0 Å². The van der Waals surface area contributed by atoms with Crippen LogP contribution in [0.2, 0.25) is 0 Å². The quantitative estimate of drug-likeness (QED) is 0.850. The average Bonchev–Trinajstić information content (AvgIpc) is 2.47. The third kappa shape index (κ3) is 2.39. The maximum atomic E-state index is 12.6. The van der Waals surface area contributed by atoms with Crippen molar-refractivity contribution in [3.05, 3.63) is 24.3 Å². The normalized spacial score (nSPS) is 23.6. The Morgan fingerprint density at radius 2 is 2.22 bits per heavy atom. The molecule has 5 heteroatoms. The minimum absolute atomic E-state index is 0.0140. The molecule has 1 fully saturated rings. The molecule has 1 unspecified atom stereocenters. The van der Waals surface area contributed by atoms with Crippen LogP contribution in [-0.2, 0) is 4.79 Å². The number of nitrogens with zero attached hydrogens (tertiary/aromatic N) is 1. The monoisotopic (exact) mass is 280 g/mol. The number of benzene rings is 1. The van der Waals surface area contributed by atoms with Crippen LogP contribution < -0.4 is 10.2 Å². The number of thioether (sulfide) groups is 2. The van der Waals surface area contributed by atoms with Crippen LogP contribution in [-0.4, -0.2) is 42.3 Å². The van der Waals surface area contributed by atoms with Gasteiger partial charge in [-0.3, -0.25) is 4.79 Å². The van der Waals surface area contributed by atoms with E-state index in [-0.39, 0.29) is 11.9 Å². The summed E-state index contributed by atoms with van der Waals surface area (Å²) in [4.78, 5) is 15.7. The van der Waals surface area contributed by atoms with Crippen molar-refractivity contribution in [2.24, 2.45) is 0 Å². The van der Waals surface area contributed by atoms with Crippen molar-refractivity contribution in [2.75, 3.05) is 35.2 Å². The fraction of sp³-hybridized carbons (Fsp3) is 0.462. The summed E-state index contributed by atoms with van der Waals surface area (Å²) in [6, 6.07) is 8.18. The SMILES string of the molecule is O=C(C1CSCCN1)N1CCSc2ccccc21. The lowest BCUT2D eigenvalue weighted by Crippen LogP contribution is -2.52. The zero-order chi connectivity index (χ0) is 12.4. The Kier molecular flexibility index (Phi) is 3.82. The number of carbonyl (C=O) groups is 1. The van der Waals surface area contributed by atoms with Crippen molar-refractivity contribution in [1.82, 2.24) is 5.32 Å². The molecule has 2 heterocycles. The first-order valence-electron chi connectivity index (χ1n) is 6.20. The molecular weight excluding hydrogens is 264 g/mol. The number of fused-ring (bicyclic) bond motifs is 1. The van der Waals surface area contributed by atoms with Crippen LogP contribution >= 0.6 is 23.5 Å². The highest BCUT2D eigenvalue weighted by atomic mass is 32.2. The standard InChI is InChI=1S/C13H16N2OS2/c16-13(10-9-17-7-5-14-10)15-6-8-18-12-4-2-1-3-11(12)15/h1-4,10,14H,5-9H2. The van der Waals surface area contributed by atoms with Crippen molar-refractivity contribution in [2.45, 2.75) is 10.9 Å². The van der Waals surface area contributed by atoms with Crippen LogP contribution in [0.4, 0.5) is 5.69 Å². The van der Waals surface area contributed by atoms with Gasteiger partial charge in [0.2, 0.25) is 5.91 Å². The van der Waals surface area contributed by atoms with Gasteiger partial charge in [-0.15, -0.1) is 11.8 Å². The summed E-state index contributed by atoms with van der Waals surface area (Å²) in [5, 5.41) is 3.33. The molecule has 96 valence electrons. The average molecular weight is 280 g/mol. The molecule has 2 aliphatic rings. The van der Waals surface area contributed by atoms with Gasteiger partial charge in [-0.25, -0.2) is 0 Å². The molecule has 1 atom stereocenters. The summed E-state index contributed by atoms with van der Waals surface area (Å²) in [7, 11) is 0. The van der Waals surface area contributed by atoms with E-state index in [2.05, 4.69) is 17.4 Å². The van der Waals surface area contributed by atoms with E-state index in [1.54, 1.807) is 0 Å². The molecule has 0 spiro atoms. The Morgan fingerprint density at radius 1 is 1.33 bits per heavy atom. The second kappa shape index (κ2) is 5.55. The molecular formula is C13H16N2OS2. The molecule has 2 aliphatic heterocycles. The topological polar surface area (TPSA) is 32.3 Å². The first-order valence-corrected chi connectivity index (χ1v) is 8.34. The lowest BCUT2D eigenvalue weighted by Gasteiger charge is -2.33. The molecule has 1 aromatic carbocycles. The van der Waals surface area contributed by atoms with E-state index in [1.807, 2.05) is 40.6 Å². The summed E-state index contributed by atoms with van der Waals surface area (Å²) in [5.41, 5.74) is 1.08. The number of carbonyl (C=O) groups excluding carboxylic acids is 1. The second-order valence-electron chi connectivity index (χ2n) is 4.39. The number of para-hydroxylation sites is 1. The van der Waals surface area contributed by atoms with E-state index >= 15 is 0 Å². The predicted octanol–water partition coefficient (Wildman–Crippen LogP) is 1.83. The number of rotatable bonds is 1. The Morgan fingerprint density at radius 3 is 3.06 bits per heavy atom. The van der Waals surface area contributed by atoms with Crippen molar-refractivity contribution < 1.29 is 4.79 Å². The fourth-order valence-electron chi connectivity index (χ4n) is 2.31. The molecule has 1 aromatic rings. The molecule has 0 aliphatic carbocycles. The molecule has 0 aromatic heterocycles. The highest BCUT2D eigenvalue weighted by Crippen LogP contribution is 2.34. The lowest BCUT2D eigenvalue weighted by molar-refractivity contribution is -0.120. The zero-order valence-electron chi connectivity index (χ0n) is 10.1. The summed E-state index contributed by atoms with van der Waals surface area (Å²) >= 11 is 3.70. The first kappa shape index (κ1) is 12.4. The van der Waals surface area contributed by atoms with Gasteiger partial charge in [0.25, 0.3) is 0 Å². The van der Waals surface area contributed by atoms with E-state index in [9.17, 15) is 4.79 Å². The van der Waals surface area contributed by atoms with Gasteiger partial charge in [-0.1, -0.05) is 12.1 Å². The molecule has 3 nitrogen and oxygen atoms in total. The van der Waals surface area contributed by atoms with E-state index < -0.39 is 0 Å². The largest absolute Gasteiger partial charge is 0.309 e. The maximum Gasteiger partial charge on any atom is 0.245 e. The third-order valence-corrected chi connectivity index (χ3v) is 5.32. The number of anilines is 1. The zero-order valence-corrected chi connectivity index (χ0v) is 11.7. The van der Waals surface area contributed by atoms with E-state index in [0.717, 1.165) is 36.0 Å². The Bertz CT molecular complexity index is 446. The summed E-state index contributed by atoms with van der Waals surface area (Å²) in [6.07, 6.45) is 0. The molecule has 18 heavy (non-hydrogen) atoms. The number of hydrogen-bond donors (Lipinski definition) is 1. The van der Waals surface area contributed by atoms with E-state index in [1.165, 1.54) is 4.90 Å². The molecule has 0 saturated carbocycles. The minimum Gasteiger partial charge on any atom is -0.309 e. The number of hydrogen-bond acceptors (Lipinski definition) is 4. The second-order valence-corrected chi connectivity index (χ2v) is 6.67. The highest BCUT2D eigenvalue weighted by Gasteiger charge is 2.29. The van der Waals surface area contributed by atoms with Gasteiger partial charge in [-0.2, -0.15) is 11.8 Å². The number of amides is 1.